The molecule has 1 heterocycles. The Hall–Kier alpha value is -3.37. The third kappa shape index (κ3) is 4.04. The third-order valence-corrected chi connectivity index (χ3v) is 7.94. The minimum atomic E-state index is -0.0910. The second-order valence-electron chi connectivity index (χ2n) is 10.6. The number of anilines is 2. The maximum absolute atomic E-state index is 13.6. The lowest BCUT2D eigenvalue weighted by atomic mass is 9.74. The van der Waals surface area contributed by atoms with Crippen LogP contribution in [0.1, 0.15) is 38.4 Å². The number of para-hydroxylation sites is 1. The number of ketones is 1. The number of carbonyl (C=O) groups excluding carboxylic acids is 1. The summed E-state index contributed by atoms with van der Waals surface area (Å²) in [6.07, 6.45) is 1.37. The van der Waals surface area contributed by atoms with E-state index in [0.29, 0.717) is 13.0 Å². The highest BCUT2D eigenvalue weighted by Crippen LogP contribution is 2.49. The van der Waals surface area contributed by atoms with Crippen molar-refractivity contribution in [3.63, 3.8) is 0 Å². The number of hydrogen-bond donors (Lipinski definition) is 0. The normalized spacial score (nSPS) is 19.5. The Morgan fingerprint density at radius 1 is 0.806 bits per heavy atom. The van der Waals surface area contributed by atoms with E-state index in [2.05, 4.69) is 137 Å². The van der Waals surface area contributed by atoms with Crippen molar-refractivity contribution in [1.29, 1.82) is 0 Å². The van der Waals surface area contributed by atoms with Crippen LogP contribution < -0.4 is 9.80 Å². The number of benzene rings is 4. The molecule has 0 radical (unpaired) electrons. The molecule has 1 aliphatic carbocycles. The summed E-state index contributed by atoms with van der Waals surface area (Å²) in [5.41, 5.74) is 5.47. The van der Waals surface area contributed by atoms with Crippen LogP contribution in [0, 0.1) is 5.41 Å². The highest BCUT2D eigenvalue weighted by Gasteiger charge is 2.44. The molecule has 36 heavy (non-hydrogen) atoms. The lowest BCUT2D eigenvalue weighted by Gasteiger charge is -2.51. The Kier molecular flexibility index (Phi) is 5.72. The molecule has 1 atom stereocenters. The Morgan fingerprint density at radius 2 is 1.50 bits per heavy atom. The van der Waals surface area contributed by atoms with Crippen LogP contribution in [-0.2, 0) is 4.79 Å². The van der Waals surface area contributed by atoms with Gasteiger partial charge in [0.05, 0.1) is 6.54 Å². The van der Waals surface area contributed by atoms with Crippen LogP contribution in [0.2, 0.25) is 0 Å². The summed E-state index contributed by atoms with van der Waals surface area (Å²) >= 11 is 3.62. The van der Waals surface area contributed by atoms with E-state index in [1.54, 1.807) is 0 Å². The number of halogens is 1. The molecule has 0 spiro atoms. The van der Waals surface area contributed by atoms with Crippen molar-refractivity contribution in [3.8, 4) is 0 Å². The lowest BCUT2D eigenvalue weighted by Crippen LogP contribution is -2.51. The lowest BCUT2D eigenvalue weighted by molar-refractivity contribution is -0.118. The Balaban J connectivity index is 1.64. The summed E-state index contributed by atoms with van der Waals surface area (Å²) in [7, 11) is 0. The average Bonchev–Trinajstić information content (AvgIpc) is 2.88. The molecule has 1 unspecified atom stereocenters. The maximum Gasteiger partial charge on any atom is 0.162 e. The van der Waals surface area contributed by atoms with Crippen LogP contribution in [0.5, 0.6) is 0 Å². The number of nitrogens with zero attached hydrogens (tertiary/aromatic N) is 2. The van der Waals surface area contributed by atoms with Gasteiger partial charge in [0.1, 0.15) is 6.17 Å². The topological polar surface area (TPSA) is 23.6 Å². The predicted molar refractivity (Wildman–Crippen MR) is 152 cm³/mol. The summed E-state index contributed by atoms with van der Waals surface area (Å²) in [6, 6.07) is 34.2. The second kappa shape index (κ2) is 8.94. The number of fused-ring (bicyclic) bond motifs is 1. The summed E-state index contributed by atoms with van der Waals surface area (Å²) < 4.78 is 1.05. The van der Waals surface area contributed by atoms with Gasteiger partial charge in [0.15, 0.2) is 5.78 Å². The molecule has 0 amide bonds. The van der Waals surface area contributed by atoms with Crippen molar-refractivity contribution in [1.82, 2.24) is 0 Å². The molecule has 0 aromatic heterocycles. The van der Waals surface area contributed by atoms with Crippen LogP contribution >= 0.6 is 15.9 Å². The van der Waals surface area contributed by atoms with Gasteiger partial charge >= 0.3 is 0 Å². The van der Waals surface area contributed by atoms with Crippen molar-refractivity contribution >= 4 is 43.9 Å². The van der Waals surface area contributed by atoms with Gasteiger partial charge in [-0.25, -0.2) is 0 Å². The molecule has 2 aliphatic rings. The van der Waals surface area contributed by atoms with Crippen molar-refractivity contribution in [3.05, 3.63) is 118 Å². The highest BCUT2D eigenvalue weighted by molar-refractivity contribution is 9.10. The molecule has 0 bridgehead atoms. The van der Waals surface area contributed by atoms with E-state index in [-0.39, 0.29) is 17.4 Å². The van der Waals surface area contributed by atoms with E-state index in [0.717, 1.165) is 33.5 Å². The molecule has 0 N–H and O–H groups in total. The van der Waals surface area contributed by atoms with E-state index in [1.807, 2.05) is 0 Å². The van der Waals surface area contributed by atoms with Gasteiger partial charge in [-0.05, 0) is 53.1 Å². The average molecular weight is 538 g/mol. The zero-order chi connectivity index (χ0) is 24.9. The minimum Gasteiger partial charge on any atom is -0.342 e. The fourth-order valence-electron chi connectivity index (χ4n) is 5.80. The van der Waals surface area contributed by atoms with Gasteiger partial charge in [-0.15, -0.1) is 0 Å². The van der Waals surface area contributed by atoms with Crippen LogP contribution in [0.4, 0.5) is 11.4 Å². The molecule has 4 aromatic rings. The first kappa shape index (κ1) is 23.1. The molecule has 4 aromatic carbocycles. The maximum atomic E-state index is 13.6. The molecular formula is C32H29BrN2O. The number of carbonyl (C=O) groups is 1. The molecule has 0 saturated carbocycles. The van der Waals surface area contributed by atoms with Gasteiger partial charge in [-0.1, -0.05) is 96.5 Å². The first-order valence-corrected chi connectivity index (χ1v) is 13.3. The number of Topliss-reactive ketones (excluding diaryl/α,β-unsaturated/α-hetero) is 1. The summed E-state index contributed by atoms with van der Waals surface area (Å²) in [6.45, 7) is 5.02. The third-order valence-electron chi connectivity index (χ3n) is 7.41. The zero-order valence-corrected chi connectivity index (χ0v) is 22.2. The van der Waals surface area contributed by atoms with E-state index < -0.39 is 0 Å². The van der Waals surface area contributed by atoms with E-state index in [9.17, 15) is 4.79 Å². The van der Waals surface area contributed by atoms with Gasteiger partial charge in [-0.3, -0.25) is 4.79 Å². The van der Waals surface area contributed by atoms with Crippen LogP contribution in [0.3, 0.4) is 0 Å². The smallest absolute Gasteiger partial charge is 0.162 e. The van der Waals surface area contributed by atoms with Gasteiger partial charge in [-0.2, -0.15) is 0 Å². The summed E-state index contributed by atoms with van der Waals surface area (Å²) in [4.78, 5) is 18.5. The van der Waals surface area contributed by atoms with E-state index >= 15 is 0 Å². The van der Waals surface area contributed by atoms with Crippen molar-refractivity contribution in [2.75, 3.05) is 16.3 Å². The largest absolute Gasteiger partial charge is 0.342 e. The van der Waals surface area contributed by atoms with Crippen molar-refractivity contribution in [2.45, 2.75) is 32.9 Å². The first-order valence-electron chi connectivity index (χ1n) is 12.5. The Morgan fingerprint density at radius 3 is 2.28 bits per heavy atom. The van der Waals surface area contributed by atoms with Crippen LogP contribution in [0.25, 0.3) is 10.8 Å². The molecule has 6 rings (SSSR count). The molecule has 0 fully saturated rings. The van der Waals surface area contributed by atoms with E-state index in [4.69, 9.17) is 0 Å². The molecule has 180 valence electrons. The number of hydrogen-bond acceptors (Lipinski definition) is 3. The molecule has 1 aliphatic heterocycles. The predicted octanol–water partition coefficient (Wildman–Crippen LogP) is 8.27. The Labute approximate surface area is 221 Å². The van der Waals surface area contributed by atoms with Gasteiger partial charge < -0.3 is 9.80 Å². The monoisotopic (exact) mass is 536 g/mol. The van der Waals surface area contributed by atoms with Crippen molar-refractivity contribution in [2.24, 2.45) is 5.41 Å². The van der Waals surface area contributed by atoms with Crippen LogP contribution in [0.15, 0.2) is 113 Å². The van der Waals surface area contributed by atoms with Gasteiger partial charge in [0, 0.05) is 38.9 Å². The van der Waals surface area contributed by atoms with E-state index in [1.165, 1.54) is 16.3 Å². The molecule has 4 heteroatoms. The SMILES string of the molecule is CC1(C)CC(=O)C2=C(C1)N(c1ccccc1)C(c1ccc(Br)cc1)N(c1cccc3ccccc13)C2. The van der Waals surface area contributed by atoms with Gasteiger partial charge in [0.25, 0.3) is 0 Å². The fraction of sp³-hybridized carbons (Fsp3) is 0.219. The fourth-order valence-corrected chi connectivity index (χ4v) is 6.07. The quantitative estimate of drug-likeness (QED) is 0.263. The minimum absolute atomic E-state index is 0.0746. The molecule has 0 saturated heterocycles. The van der Waals surface area contributed by atoms with Gasteiger partial charge in [0.2, 0.25) is 0 Å². The standard InChI is InChI=1S/C32H29BrN2O/c1-32(2)19-29-27(30(36)20-32)21-34(28-14-8-10-22-9-6-7-13-26(22)28)31(23-15-17-24(33)18-16-23)35(29)25-11-4-3-5-12-25/h3-18,31H,19-21H2,1-2H3. The molecule has 3 nitrogen and oxygen atoms in total. The summed E-state index contributed by atoms with van der Waals surface area (Å²) in [5.74, 6) is 0.265. The first-order chi connectivity index (χ1) is 17.4. The second-order valence-corrected chi connectivity index (χ2v) is 11.5. The zero-order valence-electron chi connectivity index (χ0n) is 20.6. The highest BCUT2D eigenvalue weighted by atomic mass is 79.9. The summed E-state index contributed by atoms with van der Waals surface area (Å²) in [5, 5.41) is 2.40. The van der Waals surface area contributed by atoms with Crippen LogP contribution in [-0.4, -0.2) is 12.3 Å². The van der Waals surface area contributed by atoms with Crippen molar-refractivity contribution < 1.29 is 4.79 Å². The molecular weight excluding hydrogens is 508 g/mol. The Bertz CT molecular complexity index is 1470. The number of allylic oxidation sites excluding steroid dienone is 1. The number of rotatable bonds is 3.